The fourth-order valence-corrected chi connectivity index (χ4v) is 6.44. The van der Waals surface area contributed by atoms with Crippen molar-refractivity contribution < 1.29 is 34.7 Å². The smallest absolute Gasteiger partial charge is 0.162 e. The van der Waals surface area contributed by atoms with E-state index >= 15 is 0 Å². The Morgan fingerprint density at radius 3 is 2.36 bits per heavy atom. The molecular formula is C36H36IrNO3S-. The van der Waals surface area contributed by atoms with Gasteiger partial charge in [-0.25, -0.2) is 0 Å². The van der Waals surface area contributed by atoms with Gasteiger partial charge in [-0.3, -0.25) is 4.79 Å². The van der Waals surface area contributed by atoms with Crippen LogP contribution in [0.25, 0.3) is 43.2 Å². The molecule has 0 unspecified atom stereocenters. The van der Waals surface area contributed by atoms with Gasteiger partial charge in [0, 0.05) is 60.0 Å². The zero-order valence-corrected chi connectivity index (χ0v) is 27.7. The molecule has 219 valence electrons. The van der Waals surface area contributed by atoms with Gasteiger partial charge in [0.1, 0.15) is 5.75 Å². The second-order valence-electron chi connectivity index (χ2n) is 10.4. The van der Waals surface area contributed by atoms with Gasteiger partial charge in [-0.15, -0.1) is 18.2 Å². The van der Waals surface area contributed by atoms with E-state index in [4.69, 9.17) is 4.74 Å². The normalized spacial score (nSPS) is 12.0. The van der Waals surface area contributed by atoms with E-state index in [2.05, 4.69) is 52.8 Å². The van der Waals surface area contributed by atoms with Gasteiger partial charge >= 0.3 is 0 Å². The second kappa shape index (κ2) is 14.2. The number of nitrogens with zero attached hydrogens (tertiary/aromatic N) is 1. The van der Waals surface area contributed by atoms with Crippen molar-refractivity contribution in [2.75, 3.05) is 0 Å². The molecule has 1 aliphatic heterocycles. The van der Waals surface area contributed by atoms with Gasteiger partial charge < -0.3 is 14.8 Å². The number of ketones is 1. The largest absolute Gasteiger partial charge is 0.512 e. The van der Waals surface area contributed by atoms with Gasteiger partial charge in [0.05, 0.1) is 11.5 Å². The van der Waals surface area contributed by atoms with Crippen LogP contribution >= 0.6 is 11.3 Å². The standard InChI is InChI=1S/C23H12NOS.C13H24O2.Ir/c1-4-14-5-2-9-19-20(14)16(6-1)17-7-3-8-18(22(17)25-19)21-23-15(10-12-24-21)11-13-26-23;1-5-10(6-2)12(14)9-13(15)11(7-3)8-4;/h1-7,9-13H;9-11,14H,5-8H2,1-4H3;/q-1;;/b;12-9-;. The Hall–Kier alpha value is -3.31. The van der Waals surface area contributed by atoms with Crippen LogP contribution in [0.5, 0.6) is 11.5 Å². The average molecular weight is 755 g/mol. The fourth-order valence-electron chi connectivity index (χ4n) is 5.56. The zero-order chi connectivity index (χ0) is 28.9. The first kappa shape index (κ1) is 31.6. The van der Waals surface area contributed by atoms with Crippen LogP contribution in [0.2, 0.25) is 0 Å². The molecular weight excluding hydrogens is 719 g/mol. The van der Waals surface area contributed by atoms with Crippen LogP contribution in [0.15, 0.2) is 84.1 Å². The molecule has 6 rings (SSSR count). The Bertz CT molecular complexity index is 1710. The first-order chi connectivity index (χ1) is 20.0. The van der Waals surface area contributed by atoms with E-state index < -0.39 is 0 Å². The molecule has 1 radical (unpaired) electrons. The molecule has 4 nitrogen and oxygen atoms in total. The predicted octanol–water partition coefficient (Wildman–Crippen LogP) is 10.6. The van der Waals surface area contributed by atoms with E-state index in [0.717, 1.165) is 58.7 Å². The molecule has 0 amide bonds. The summed E-state index contributed by atoms with van der Waals surface area (Å²) in [6, 6.07) is 24.2. The summed E-state index contributed by atoms with van der Waals surface area (Å²) in [7, 11) is 0. The number of benzene rings is 3. The monoisotopic (exact) mass is 755 g/mol. The van der Waals surface area contributed by atoms with Gasteiger partial charge in [0.25, 0.3) is 0 Å². The molecule has 0 fully saturated rings. The molecule has 0 saturated heterocycles. The van der Waals surface area contributed by atoms with E-state index in [9.17, 15) is 9.90 Å². The number of pyridine rings is 1. The molecule has 1 aliphatic rings. The molecule has 3 aromatic carbocycles. The number of hydrogen-bond donors (Lipinski definition) is 1. The quantitative estimate of drug-likeness (QED) is 0.0955. The predicted molar refractivity (Wildman–Crippen MR) is 171 cm³/mol. The summed E-state index contributed by atoms with van der Waals surface area (Å²) in [6.07, 6.45) is 6.76. The summed E-state index contributed by atoms with van der Waals surface area (Å²) in [6.45, 7) is 8.07. The van der Waals surface area contributed by atoms with Crippen LogP contribution in [0.4, 0.5) is 0 Å². The van der Waals surface area contributed by atoms with Crippen LogP contribution in [0.1, 0.15) is 53.4 Å². The van der Waals surface area contributed by atoms with Gasteiger partial charge in [-0.2, -0.15) is 11.3 Å². The third-order valence-corrected chi connectivity index (χ3v) is 8.94. The van der Waals surface area contributed by atoms with E-state index in [1.54, 1.807) is 11.3 Å². The summed E-state index contributed by atoms with van der Waals surface area (Å²) in [5.74, 6) is 2.28. The second-order valence-corrected chi connectivity index (χ2v) is 11.3. The van der Waals surface area contributed by atoms with Crippen molar-refractivity contribution in [1.29, 1.82) is 0 Å². The number of rotatable bonds is 8. The van der Waals surface area contributed by atoms with Crippen molar-refractivity contribution in [2.24, 2.45) is 11.8 Å². The molecule has 0 saturated carbocycles. The number of hydrogen-bond acceptors (Lipinski definition) is 5. The Morgan fingerprint density at radius 1 is 0.929 bits per heavy atom. The van der Waals surface area contributed by atoms with Crippen molar-refractivity contribution in [1.82, 2.24) is 4.98 Å². The van der Waals surface area contributed by atoms with E-state index in [1.165, 1.54) is 27.8 Å². The van der Waals surface area contributed by atoms with Crippen LogP contribution in [0.3, 0.4) is 0 Å². The maximum absolute atomic E-state index is 11.7. The number of aliphatic hydroxyl groups excluding tert-OH is 1. The fraction of sp³-hybridized carbons (Fsp3) is 0.278. The number of ether oxygens (including phenoxy) is 1. The average Bonchev–Trinajstić information content (AvgIpc) is 3.48. The molecule has 42 heavy (non-hydrogen) atoms. The molecule has 2 aromatic heterocycles. The molecule has 1 N–H and O–H groups in total. The number of allylic oxidation sites excluding steroid dienone is 2. The molecule has 5 aromatic rings. The summed E-state index contributed by atoms with van der Waals surface area (Å²) >= 11 is 1.70. The third-order valence-electron chi connectivity index (χ3n) is 8.01. The number of aromatic nitrogens is 1. The summed E-state index contributed by atoms with van der Waals surface area (Å²) in [5.41, 5.74) is 4.15. The molecule has 6 heteroatoms. The zero-order valence-electron chi connectivity index (χ0n) is 24.4. The SMILES string of the molecule is CCC(CC)C(=O)/C=C(\O)C(CC)CC.[Ir].[c-]1ccc2c(c1-c1nccc3ccsc13)Oc1cccc3cccc-2c13. The van der Waals surface area contributed by atoms with Crippen molar-refractivity contribution in [2.45, 2.75) is 53.4 Å². The minimum absolute atomic E-state index is 0. The molecule has 3 heterocycles. The molecule has 0 aliphatic carbocycles. The number of fused-ring (bicyclic) bond motifs is 3. The Balaban J connectivity index is 0.000000221. The maximum atomic E-state index is 11.7. The minimum Gasteiger partial charge on any atom is -0.512 e. The summed E-state index contributed by atoms with van der Waals surface area (Å²) < 4.78 is 7.56. The van der Waals surface area contributed by atoms with Crippen LogP contribution in [0, 0.1) is 17.9 Å². The number of aliphatic hydroxyl groups is 1. The van der Waals surface area contributed by atoms with Crippen molar-refractivity contribution >= 4 is 38.0 Å². The summed E-state index contributed by atoms with van der Waals surface area (Å²) in [5, 5.41) is 15.4. The minimum atomic E-state index is 0. The Kier molecular flexibility index (Phi) is 10.7. The topological polar surface area (TPSA) is 59.4 Å². The first-order valence-electron chi connectivity index (χ1n) is 14.5. The molecule has 0 atom stereocenters. The third kappa shape index (κ3) is 6.22. The summed E-state index contributed by atoms with van der Waals surface area (Å²) in [4.78, 5) is 16.4. The Morgan fingerprint density at radius 2 is 1.64 bits per heavy atom. The van der Waals surface area contributed by atoms with Crippen molar-refractivity contribution in [3.05, 3.63) is 90.1 Å². The first-order valence-corrected chi connectivity index (χ1v) is 15.4. The number of thiophene rings is 1. The molecule has 0 spiro atoms. The van der Waals surface area contributed by atoms with E-state index in [0.29, 0.717) is 0 Å². The Labute approximate surface area is 265 Å². The van der Waals surface area contributed by atoms with Crippen LogP contribution in [-0.2, 0) is 24.9 Å². The van der Waals surface area contributed by atoms with Crippen LogP contribution in [-0.4, -0.2) is 15.9 Å². The van der Waals surface area contributed by atoms with Crippen LogP contribution < -0.4 is 4.74 Å². The van der Waals surface area contributed by atoms with Crippen molar-refractivity contribution in [3.63, 3.8) is 0 Å². The number of carbonyl (C=O) groups excluding carboxylic acids is 1. The van der Waals surface area contributed by atoms with E-state index in [1.807, 2.05) is 58.2 Å². The molecule has 0 bridgehead atoms. The van der Waals surface area contributed by atoms with Gasteiger partial charge in [-0.05, 0) is 65.6 Å². The van der Waals surface area contributed by atoms with Gasteiger partial charge in [-0.1, -0.05) is 69.2 Å². The maximum Gasteiger partial charge on any atom is 0.162 e. The van der Waals surface area contributed by atoms with Crippen molar-refractivity contribution in [3.8, 4) is 33.9 Å². The van der Waals surface area contributed by atoms with E-state index in [-0.39, 0.29) is 43.5 Å². The van der Waals surface area contributed by atoms with Gasteiger partial charge in [0.15, 0.2) is 5.78 Å². The number of carbonyl (C=O) groups is 1. The van der Waals surface area contributed by atoms with Gasteiger partial charge in [0.2, 0.25) is 0 Å².